The normalized spacial score (nSPS) is 14.0. The summed E-state index contributed by atoms with van der Waals surface area (Å²) in [6.45, 7) is 6.32. The number of aryl methyl sites for hydroxylation is 2. The minimum atomic E-state index is -0.140. The fourth-order valence-corrected chi connectivity index (χ4v) is 3.78. The Bertz CT molecular complexity index is 1170. The topological polar surface area (TPSA) is 74.0 Å². The van der Waals surface area contributed by atoms with Crippen molar-refractivity contribution in [2.24, 2.45) is 0 Å². The average molecular weight is 416 g/mol. The smallest absolute Gasteiger partial charge is 0.246 e. The van der Waals surface area contributed by atoms with Gasteiger partial charge in [-0.15, -0.1) is 0 Å². The summed E-state index contributed by atoms with van der Waals surface area (Å²) in [5.74, 6) is -0.137. The summed E-state index contributed by atoms with van der Waals surface area (Å²) >= 11 is 0. The molecule has 5 nitrogen and oxygen atoms in total. The molecule has 0 atom stereocenters. The molecule has 3 N–H and O–H groups in total. The van der Waals surface area contributed by atoms with Crippen LogP contribution in [0.3, 0.4) is 0 Å². The second-order valence-electron chi connectivity index (χ2n) is 8.48. The molecule has 0 unspecified atom stereocenters. The molecule has 1 saturated carbocycles. The standard InChI is InChI=1S/C26H29N3O2/c1-16-14-23(19-4-7-24-20(15-19)8-10-27-24)17(2)12-21(16)13-18(3)26(31)28-11-9-25(30)29-22-5-6-22/h4,7-8,10,12-15,22,27H,5-6,9,11H2,1-3H3,(H,28,31)(H,29,30). The molecule has 0 aliphatic heterocycles. The predicted octanol–water partition coefficient (Wildman–Crippen LogP) is 4.64. The van der Waals surface area contributed by atoms with Gasteiger partial charge in [-0.2, -0.15) is 0 Å². The summed E-state index contributed by atoms with van der Waals surface area (Å²) in [4.78, 5) is 27.4. The number of hydrogen-bond acceptors (Lipinski definition) is 2. The van der Waals surface area contributed by atoms with E-state index in [1.54, 1.807) is 0 Å². The van der Waals surface area contributed by atoms with E-state index in [2.05, 4.69) is 65.9 Å². The summed E-state index contributed by atoms with van der Waals surface area (Å²) in [7, 11) is 0. The van der Waals surface area contributed by atoms with E-state index in [4.69, 9.17) is 0 Å². The number of amides is 2. The molecule has 0 spiro atoms. The molecule has 0 bridgehead atoms. The van der Waals surface area contributed by atoms with E-state index >= 15 is 0 Å². The zero-order chi connectivity index (χ0) is 22.0. The lowest BCUT2D eigenvalue weighted by Gasteiger charge is -2.12. The molecular formula is C26H29N3O2. The first-order valence-electron chi connectivity index (χ1n) is 10.9. The van der Waals surface area contributed by atoms with Crippen molar-refractivity contribution in [1.29, 1.82) is 0 Å². The molecule has 1 fully saturated rings. The van der Waals surface area contributed by atoms with Crippen LogP contribution in [0.4, 0.5) is 0 Å². The quantitative estimate of drug-likeness (QED) is 0.492. The summed E-state index contributed by atoms with van der Waals surface area (Å²) < 4.78 is 0. The highest BCUT2D eigenvalue weighted by atomic mass is 16.2. The van der Waals surface area contributed by atoms with Crippen LogP contribution < -0.4 is 10.6 Å². The van der Waals surface area contributed by atoms with Gasteiger partial charge < -0.3 is 15.6 Å². The molecule has 1 aliphatic rings. The Morgan fingerprint density at radius 2 is 1.90 bits per heavy atom. The second kappa shape index (κ2) is 8.80. The van der Waals surface area contributed by atoms with Crippen LogP contribution in [0.25, 0.3) is 28.1 Å². The van der Waals surface area contributed by atoms with Crippen LogP contribution in [-0.2, 0) is 9.59 Å². The number of hydrogen-bond donors (Lipinski definition) is 3. The molecule has 3 aromatic rings. The highest BCUT2D eigenvalue weighted by Crippen LogP contribution is 2.30. The molecule has 2 aromatic carbocycles. The van der Waals surface area contributed by atoms with Gasteiger partial charge in [0, 0.05) is 36.3 Å². The number of aromatic amines is 1. The lowest BCUT2D eigenvalue weighted by molar-refractivity contribution is -0.121. The number of aromatic nitrogens is 1. The maximum Gasteiger partial charge on any atom is 0.246 e. The van der Waals surface area contributed by atoms with Gasteiger partial charge in [0.1, 0.15) is 0 Å². The van der Waals surface area contributed by atoms with Crippen molar-refractivity contribution in [3.8, 4) is 11.1 Å². The van der Waals surface area contributed by atoms with E-state index in [-0.39, 0.29) is 11.8 Å². The largest absolute Gasteiger partial charge is 0.361 e. The Balaban J connectivity index is 1.44. The maximum absolute atomic E-state index is 12.4. The number of benzene rings is 2. The predicted molar refractivity (Wildman–Crippen MR) is 126 cm³/mol. The Labute approximate surface area is 182 Å². The molecular weight excluding hydrogens is 386 g/mol. The van der Waals surface area contributed by atoms with Crippen LogP contribution >= 0.6 is 0 Å². The van der Waals surface area contributed by atoms with Gasteiger partial charge in [0.2, 0.25) is 11.8 Å². The van der Waals surface area contributed by atoms with Crippen LogP contribution in [0.5, 0.6) is 0 Å². The van der Waals surface area contributed by atoms with Crippen LogP contribution in [-0.4, -0.2) is 29.4 Å². The summed E-state index contributed by atoms with van der Waals surface area (Å²) in [6.07, 6.45) is 6.32. The Morgan fingerprint density at radius 1 is 1.10 bits per heavy atom. The first-order chi connectivity index (χ1) is 14.9. The van der Waals surface area contributed by atoms with Gasteiger partial charge in [-0.05, 0) is 91.1 Å². The third-order valence-electron chi connectivity index (χ3n) is 5.79. The van der Waals surface area contributed by atoms with Gasteiger partial charge in [-0.1, -0.05) is 18.2 Å². The lowest BCUT2D eigenvalue weighted by atomic mass is 9.93. The minimum absolute atomic E-state index is 0.00400. The number of nitrogens with one attached hydrogen (secondary N) is 3. The van der Waals surface area contributed by atoms with Gasteiger partial charge in [-0.25, -0.2) is 0 Å². The van der Waals surface area contributed by atoms with Gasteiger partial charge in [0.05, 0.1) is 0 Å². The van der Waals surface area contributed by atoms with Gasteiger partial charge in [0.15, 0.2) is 0 Å². The summed E-state index contributed by atoms with van der Waals surface area (Å²) in [5, 5.41) is 6.96. The Kier molecular flexibility index (Phi) is 5.94. The SMILES string of the molecule is CC(=Cc1cc(C)c(-c2ccc3[nH]ccc3c2)cc1C)C(=O)NCCC(=O)NC1CC1. The summed E-state index contributed by atoms with van der Waals surface area (Å²) in [5.41, 5.74) is 7.45. The van der Waals surface area contributed by atoms with Crippen LogP contribution in [0.15, 0.2) is 48.2 Å². The number of H-pyrrole nitrogens is 1. The van der Waals surface area contributed by atoms with Gasteiger partial charge in [-0.3, -0.25) is 9.59 Å². The van der Waals surface area contributed by atoms with Crippen molar-refractivity contribution < 1.29 is 9.59 Å². The van der Waals surface area contributed by atoms with Gasteiger partial charge in [0.25, 0.3) is 0 Å². The number of carbonyl (C=O) groups excluding carboxylic acids is 2. The maximum atomic E-state index is 12.4. The van der Waals surface area contributed by atoms with E-state index in [1.807, 2.05) is 19.2 Å². The van der Waals surface area contributed by atoms with Crippen LogP contribution in [0.1, 0.15) is 42.9 Å². The summed E-state index contributed by atoms with van der Waals surface area (Å²) in [6, 6.07) is 13.2. The van der Waals surface area contributed by atoms with Crippen molar-refractivity contribution in [1.82, 2.24) is 15.6 Å². The monoisotopic (exact) mass is 415 g/mol. The van der Waals surface area contributed by atoms with Gasteiger partial charge >= 0.3 is 0 Å². The van der Waals surface area contributed by atoms with E-state index in [0.29, 0.717) is 24.6 Å². The average Bonchev–Trinajstić information content (AvgIpc) is 3.42. The van der Waals surface area contributed by atoms with E-state index in [1.165, 1.54) is 16.5 Å². The highest BCUT2D eigenvalue weighted by Gasteiger charge is 2.22. The molecule has 4 rings (SSSR count). The minimum Gasteiger partial charge on any atom is -0.361 e. The molecule has 0 radical (unpaired) electrons. The lowest BCUT2D eigenvalue weighted by Crippen LogP contribution is -2.31. The molecule has 160 valence electrons. The van der Waals surface area contributed by atoms with Crippen molar-refractivity contribution in [2.45, 2.75) is 46.1 Å². The fraction of sp³-hybridized carbons (Fsp3) is 0.308. The number of fused-ring (bicyclic) bond motifs is 1. The Morgan fingerprint density at radius 3 is 2.68 bits per heavy atom. The zero-order valence-electron chi connectivity index (χ0n) is 18.3. The van der Waals surface area contributed by atoms with E-state index in [9.17, 15) is 9.59 Å². The van der Waals surface area contributed by atoms with E-state index < -0.39 is 0 Å². The first-order valence-corrected chi connectivity index (χ1v) is 10.9. The third-order valence-corrected chi connectivity index (χ3v) is 5.79. The van der Waals surface area contributed by atoms with Crippen molar-refractivity contribution in [3.63, 3.8) is 0 Å². The van der Waals surface area contributed by atoms with Crippen LogP contribution in [0, 0.1) is 13.8 Å². The number of rotatable bonds is 7. The molecule has 1 heterocycles. The van der Waals surface area contributed by atoms with Crippen LogP contribution in [0.2, 0.25) is 0 Å². The third kappa shape index (κ3) is 5.05. The first kappa shape index (κ1) is 20.9. The Hall–Kier alpha value is -3.34. The zero-order valence-corrected chi connectivity index (χ0v) is 18.3. The molecule has 5 heteroatoms. The molecule has 2 amide bonds. The molecule has 1 aromatic heterocycles. The molecule has 0 saturated heterocycles. The van der Waals surface area contributed by atoms with E-state index in [0.717, 1.165) is 35.0 Å². The number of carbonyl (C=O) groups is 2. The molecule has 31 heavy (non-hydrogen) atoms. The van der Waals surface area contributed by atoms with Crippen molar-refractivity contribution >= 4 is 28.8 Å². The van der Waals surface area contributed by atoms with Crippen molar-refractivity contribution in [2.75, 3.05) is 6.54 Å². The molecule has 1 aliphatic carbocycles. The fourth-order valence-electron chi connectivity index (χ4n) is 3.78. The second-order valence-corrected chi connectivity index (χ2v) is 8.48. The highest BCUT2D eigenvalue weighted by molar-refractivity contribution is 5.97. The van der Waals surface area contributed by atoms with Crippen molar-refractivity contribution in [3.05, 3.63) is 64.9 Å².